The van der Waals surface area contributed by atoms with Crippen molar-refractivity contribution in [1.29, 1.82) is 0 Å². The fraction of sp³-hybridized carbons (Fsp3) is 0.333. The molecule has 0 aromatic heterocycles. The highest BCUT2D eigenvalue weighted by atomic mass is 16.2. The predicted molar refractivity (Wildman–Crippen MR) is 38.9 cm³/mol. The van der Waals surface area contributed by atoms with Crippen molar-refractivity contribution in [2.24, 2.45) is 5.73 Å². The van der Waals surface area contributed by atoms with Crippen LogP contribution < -0.4 is 11.2 Å². The number of amides is 3. The Morgan fingerprint density at radius 3 is 2.45 bits per heavy atom. The molecule has 0 radical (unpaired) electrons. The number of urea groups is 1. The summed E-state index contributed by atoms with van der Waals surface area (Å²) in [6.07, 6.45) is 0. The fourth-order valence-electron chi connectivity index (χ4n) is 0.349. The van der Waals surface area contributed by atoms with E-state index >= 15 is 0 Å². The molecule has 0 aliphatic heterocycles. The molecule has 0 aromatic rings. The van der Waals surface area contributed by atoms with Crippen molar-refractivity contribution in [3.63, 3.8) is 0 Å². The van der Waals surface area contributed by atoms with Crippen LogP contribution in [0.15, 0.2) is 0 Å². The second-order valence-electron chi connectivity index (χ2n) is 1.71. The van der Waals surface area contributed by atoms with Gasteiger partial charge in [0.25, 0.3) is 0 Å². The van der Waals surface area contributed by atoms with Crippen molar-refractivity contribution in [3.8, 4) is 11.8 Å². The van der Waals surface area contributed by atoms with E-state index in [-0.39, 0.29) is 0 Å². The second-order valence-corrected chi connectivity index (χ2v) is 1.71. The molecule has 0 bridgehead atoms. The first-order valence-electron chi connectivity index (χ1n) is 2.84. The second kappa shape index (κ2) is 4.17. The molecule has 0 heterocycles. The summed E-state index contributed by atoms with van der Waals surface area (Å²) >= 11 is 0. The van der Waals surface area contributed by atoms with Crippen LogP contribution in [0.2, 0.25) is 0 Å². The molecule has 0 atom stereocenters. The minimum atomic E-state index is -0.740. The van der Waals surface area contributed by atoms with Gasteiger partial charge in [-0.25, -0.2) is 9.80 Å². The number of hydrazine groups is 1. The number of carbonyl (C=O) groups is 2. The van der Waals surface area contributed by atoms with Gasteiger partial charge in [0.1, 0.15) is 0 Å². The molecule has 0 rings (SSSR count). The van der Waals surface area contributed by atoms with E-state index in [0.29, 0.717) is 0 Å². The van der Waals surface area contributed by atoms with Crippen molar-refractivity contribution < 1.29 is 9.59 Å². The maximum atomic E-state index is 10.6. The molecule has 0 aliphatic carbocycles. The summed E-state index contributed by atoms with van der Waals surface area (Å²) < 4.78 is 0. The lowest BCUT2D eigenvalue weighted by Gasteiger charge is -2.12. The Balaban J connectivity index is 3.92. The monoisotopic (exact) mass is 155 g/mol. The number of nitrogens with two attached hydrogens (primary N) is 1. The van der Waals surface area contributed by atoms with Crippen LogP contribution in [0.3, 0.4) is 0 Å². The van der Waals surface area contributed by atoms with Gasteiger partial charge in [0, 0.05) is 7.05 Å². The summed E-state index contributed by atoms with van der Waals surface area (Å²) in [5.41, 5.74) is 6.93. The summed E-state index contributed by atoms with van der Waals surface area (Å²) in [7, 11) is 1.33. The summed E-state index contributed by atoms with van der Waals surface area (Å²) in [6.45, 7) is 1.52. The Morgan fingerprint density at radius 2 is 2.09 bits per heavy atom. The Hall–Kier alpha value is -1.70. The van der Waals surface area contributed by atoms with Crippen molar-refractivity contribution in [1.82, 2.24) is 10.4 Å². The van der Waals surface area contributed by atoms with Gasteiger partial charge in [-0.15, -0.1) is 0 Å². The molecule has 0 aliphatic rings. The zero-order valence-corrected chi connectivity index (χ0v) is 6.34. The maximum absolute atomic E-state index is 10.6. The third-order valence-corrected chi connectivity index (χ3v) is 0.838. The third kappa shape index (κ3) is 3.81. The average Bonchev–Trinajstić information content (AvgIpc) is 1.87. The number of carbonyl (C=O) groups excluding carboxylic acids is 2. The molecule has 5 nitrogen and oxygen atoms in total. The third-order valence-electron chi connectivity index (χ3n) is 0.838. The number of rotatable bonds is 0. The largest absolute Gasteiger partial charge is 0.350 e. The van der Waals surface area contributed by atoms with E-state index in [1.54, 1.807) is 0 Å². The summed E-state index contributed by atoms with van der Waals surface area (Å²) in [4.78, 5) is 20.9. The van der Waals surface area contributed by atoms with Crippen molar-refractivity contribution in [3.05, 3.63) is 0 Å². The highest BCUT2D eigenvalue weighted by Gasteiger charge is 2.03. The first kappa shape index (κ1) is 9.30. The molecule has 5 heteroatoms. The van der Waals surface area contributed by atoms with Gasteiger partial charge in [-0.3, -0.25) is 10.2 Å². The molecule has 3 amide bonds. The maximum Gasteiger partial charge on any atom is 0.333 e. The van der Waals surface area contributed by atoms with Crippen molar-refractivity contribution >= 4 is 11.9 Å². The molecule has 0 spiro atoms. The van der Waals surface area contributed by atoms with Crippen LogP contribution in [0.1, 0.15) is 6.92 Å². The van der Waals surface area contributed by atoms with E-state index in [2.05, 4.69) is 17.3 Å². The van der Waals surface area contributed by atoms with Gasteiger partial charge in [0.2, 0.25) is 0 Å². The first-order valence-corrected chi connectivity index (χ1v) is 2.84. The van der Waals surface area contributed by atoms with Gasteiger partial charge in [0.15, 0.2) is 0 Å². The minimum Gasteiger partial charge on any atom is -0.350 e. The first-order chi connectivity index (χ1) is 5.07. The van der Waals surface area contributed by atoms with E-state index < -0.39 is 11.9 Å². The van der Waals surface area contributed by atoms with E-state index in [9.17, 15) is 9.59 Å². The number of nitrogens with zero attached hydrogens (tertiary/aromatic N) is 1. The van der Waals surface area contributed by atoms with E-state index in [1.165, 1.54) is 14.0 Å². The number of hydrogen-bond acceptors (Lipinski definition) is 2. The van der Waals surface area contributed by atoms with Crippen molar-refractivity contribution in [2.45, 2.75) is 6.92 Å². The summed E-state index contributed by atoms with van der Waals surface area (Å²) in [5.74, 6) is 3.99. The Morgan fingerprint density at radius 1 is 1.55 bits per heavy atom. The van der Waals surface area contributed by atoms with Crippen LogP contribution in [0.4, 0.5) is 4.79 Å². The lowest BCUT2D eigenvalue weighted by atomic mass is 10.6. The van der Waals surface area contributed by atoms with Crippen LogP contribution >= 0.6 is 0 Å². The lowest BCUT2D eigenvalue weighted by Crippen LogP contribution is -2.45. The summed E-state index contributed by atoms with van der Waals surface area (Å²) in [5, 5.41) is 0.854. The lowest BCUT2D eigenvalue weighted by molar-refractivity contribution is -0.118. The highest BCUT2D eigenvalue weighted by molar-refractivity contribution is 5.94. The Kier molecular flexibility index (Phi) is 3.52. The smallest absolute Gasteiger partial charge is 0.333 e. The molecule has 0 saturated heterocycles. The molecule has 0 fully saturated rings. The van der Waals surface area contributed by atoms with E-state index in [0.717, 1.165) is 5.01 Å². The molecule has 3 N–H and O–H groups in total. The molecule has 0 unspecified atom stereocenters. The topological polar surface area (TPSA) is 75.4 Å². The Bertz CT molecular complexity index is 226. The number of primary amides is 1. The predicted octanol–water partition coefficient (Wildman–Crippen LogP) is -0.949. The number of nitrogens with one attached hydrogen (secondary N) is 1. The molecular formula is C6H9N3O2. The summed E-state index contributed by atoms with van der Waals surface area (Å²) in [6, 6.07) is -0.740. The van der Waals surface area contributed by atoms with Crippen molar-refractivity contribution in [2.75, 3.05) is 7.05 Å². The zero-order valence-electron chi connectivity index (χ0n) is 6.34. The van der Waals surface area contributed by atoms with E-state index in [1.807, 2.05) is 0 Å². The zero-order chi connectivity index (χ0) is 8.85. The minimum absolute atomic E-state index is 0.561. The van der Waals surface area contributed by atoms with E-state index in [4.69, 9.17) is 5.73 Å². The van der Waals surface area contributed by atoms with Gasteiger partial charge in [-0.2, -0.15) is 0 Å². The van der Waals surface area contributed by atoms with Crippen LogP contribution in [0, 0.1) is 11.8 Å². The normalized spacial score (nSPS) is 7.45. The Labute approximate surface area is 64.5 Å². The van der Waals surface area contributed by atoms with Gasteiger partial charge >= 0.3 is 11.9 Å². The van der Waals surface area contributed by atoms with Gasteiger partial charge in [0.05, 0.1) is 0 Å². The van der Waals surface area contributed by atoms with Crippen LogP contribution in [0.25, 0.3) is 0 Å². The highest BCUT2D eigenvalue weighted by Crippen LogP contribution is 1.72. The number of hydrogen-bond donors (Lipinski definition) is 2. The molecule has 0 aromatic carbocycles. The van der Waals surface area contributed by atoms with Gasteiger partial charge in [-0.1, -0.05) is 5.92 Å². The molecule has 11 heavy (non-hydrogen) atoms. The fourth-order valence-corrected chi connectivity index (χ4v) is 0.349. The van der Waals surface area contributed by atoms with Gasteiger partial charge < -0.3 is 5.73 Å². The average molecular weight is 155 g/mol. The quantitative estimate of drug-likeness (QED) is 0.349. The van der Waals surface area contributed by atoms with Crippen LogP contribution in [0.5, 0.6) is 0 Å². The molecule has 60 valence electrons. The SMILES string of the molecule is CC#CC(=O)NN(C)C(N)=O. The van der Waals surface area contributed by atoms with Gasteiger partial charge in [-0.05, 0) is 12.8 Å². The molecular weight excluding hydrogens is 146 g/mol. The molecule has 0 saturated carbocycles. The standard InChI is InChI=1S/C6H9N3O2/c1-3-4-5(10)8-9(2)6(7)11/h1-2H3,(H2,7,11)(H,8,10). The van der Waals surface area contributed by atoms with Crippen LogP contribution in [-0.2, 0) is 4.79 Å². The van der Waals surface area contributed by atoms with Crippen LogP contribution in [-0.4, -0.2) is 24.0 Å².